The standard InChI is InChI=1S/C15H20N2O5S/c1-10-12-9-11(23(19,20)17-5-7-21-8-6-17)3-4-13(12)22-14(10)15(18)16-2/h3-4,9-10,14H,5-8H2,1-2H3,(H,16,18). The van der Waals surface area contributed by atoms with Gasteiger partial charge in [-0.2, -0.15) is 4.31 Å². The number of hydrogen-bond donors (Lipinski definition) is 1. The number of carbonyl (C=O) groups is 1. The quantitative estimate of drug-likeness (QED) is 0.856. The van der Waals surface area contributed by atoms with Gasteiger partial charge in [0.25, 0.3) is 5.91 Å². The average molecular weight is 340 g/mol. The van der Waals surface area contributed by atoms with Gasteiger partial charge in [0.2, 0.25) is 10.0 Å². The van der Waals surface area contributed by atoms with E-state index in [1.807, 2.05) is 6.92 Å². The second kappa shape index (κ2) is 6.10. The number of likely N-dealkylation sites (N-methyl/N-ethyl adjacent to an activating group) is 1. The molecule has 0 radical (unpaired) electrons. The molecule has 0 aromatic heterocycles. The van der Waals surface area contributed by atoms with E-state index in [1.54, 1.807) is 19.2 Å². The van der Waals surface area contributed by atoms with Crippen LogP contribution in [0.3, 0.4) is 0 Å². The molecule has 0 saturated carbocycles. The summed E-state index contributed by atoms with van der Waals surface area (Å²) in [6.45, 7) is 3.38. The van der Waals surface area contributed by atoms with Crippen molar-refractivity contribution in [2.75, 3.05) is 33.4 Å². The minimum atomic E-state index is -3.55. The zero-order valence-corrected chi connectivity index (χ0v) is 13.9. The molecule has 1 N–H and O–H groups in total. The largest absolute Gasteiger partial charge is 0.480 e. The summed E-state index contributed by atoms with van der Waals surface area (Å²) in [7, 11) is -2.00. The fraction of sp³-hybridized carbons (Fsp3) is 0.533. The zero-order chi connectivity index (χ0) is 16.6. The number of carbonyl (C=O) groups excluding carboxylic acids is 1. The monoisotopic (exact) mass is 340 g/mol. The normalized spacial score (nSPS) is 24.8. The van der Waals surface area contributed by atoms with Crippen LogP contribution in [0.5, 0.6) is 5.75 Å². The average Bonchev–Trinajstić information content (AvgIpc) is 2.91. The van der Waals surface area contributed by atoms with Crippen molar-refractivity contribution in [3.8, 4) is 5.75 Å². The SMILES string of the molecule is CNC(=O)C1Oc2ccc(S(=O)(=O)N3CCOCC3)cc2C1C. The first-order chi connectivity index (χ1) is 10.9. The van der Waals surface area contributed by atoms with E-state index in [1.165, 1.54) is 10.4 Å². The van der Waals surface area contributed by atoms with Gasteiger partial charge >= 0.3 is 0 Å². The molecule has 1 aromatic rings. The molecule has 1 amide bonds. The molecule has 7 nitrogen and oxygen atoms in total. The molecule has 126 valence electrons. The maximum absolute atomic E-state index is 12.7. The predicted octanol–water partition coefficient (Wildman–Crippen LogP) is 0.318. The first kappa shape index (κ1) is 16.2. The van der Waals surface area contributed by atoms with Crippen molar-refractivity contribution >= 4 is 15.9 Å². The number of rotatable bonds is 3. The van der Waals surface area contributed by atoms with Gasteiger partial charge in [-0.25, -0.2) is 8.42 Å². The Labute approximate surface area is 135 Å². The summed E-state index contributed by atoms with van der Waals surface area (Å²) in [4.78, 5) is 12.1. The molecule has 2 unspecified atom stereocenters. The van der Waals surface area contributed by atoms with Crippen LogP contribution in [0.15, 0.2) is 23.1 Å². The van der Waals surface area contributed by atoms with Gasteiger partial charge in [0.1, 0.15) is 5.75 Å². The van der Waals surface area contributed by atoms with Crippen molar-refractivity contribution in [2.45, 2.75) is 23.8 Å². The molecule has 1 saturated heterocycles. The van der Waals surface area contributed by atoms with Crippen LogP contribution in [0.25, 0.3) is 0 Å². The summed E-state index contributed by atoms with van der Waals surface area (Å²) in [6.07, 6.45) is -0.628. The van der Waals surface area contributed by atoms with Crippen LogP contribution in [-0.2, 0) is 19.6 Å². The molecule has 0 bridgehead atoms. The number of amides is 1. The minimum Gasteiger partial charge on any atom is -0.480 e. The van der Waals surface area contributed by atoms with E-state index in [2.05, 4.69) is 5.32 Å². The summed E-state index contributed by atoms with van der Waals surface area (Å²) < 4.78 is 37.7. The molecule has 2 aliphatic heterocycles. The van der Waals surface area contributed by atoms with Gasteiger partial charge in [-0.15, -0.1) is 0 Å². The molecule has 2 heterocycles. The lowest BCUT2D eigenvalue weighted by molar-refractivity contribution is -0.127. The van der Waals surface area contributed by atoms with Gasteiger partial charge in [0.15, 0.2) is 6.10 Å². The molecule has 2 atom stereocenters. The number of hydrogen-bond acceptors (Lipinski definition) is 5. The summed E-state index contributed by atoms with van der Waals surface area (Å²) >= 11 is 0. The van der Waals surface area contributed by atoms with Gasteiger partial charge in [0.05, 0.1) is 18.1 Å². The molecule has 8 heteroatoms. The Hall–Kier alpha value is -1.64. The zero-order valence-electron chi connectivity index (χ0n) is 13.1. The van der Waals surface area contributed by atoms with E-state index in [9.17, 15) is 13.2 Å². The molecule has 0 aliphatic carbocycles. The Kier molecular flexibility index (Phi) is 4.31. The van der Waals surface area contributed by atoms with Crippen molar-refractivity contribution < 1.29 is 22.7 Å². The Morgan fingerprint density at radius 2 is 2.00 bits per heavy atom. The minimum absolute atomic E-state index is 0.204. The lowest BCUT2D eigenvalue weighted by atomic mass is 9.97. The number of benzene rings is 1. The van der Waals surface area contributed by atoms with Crippen LogP contribution in [0.1, 0.15) is 18.4 Å². The summed E-state index contributed by atoms with van der Waals surface area (Å²) in [5, 5.41) is 2.56. The third-order valence-electron chi connectivity index (χ3n) is 4.29. The Morgan fingerprint density at radius 3 is 2.65 bits per heavy atom. The van der Waals surface area contributed by atoms with E-state index in [0.29, 0.717) is 32.1 Å². The van der Waals surface area contributed by atoms with Crippen LogP contribution in [0.2, 0.25) is 0 Å². The molecule has 1 fully saturated rings. The fourth-order valence-electron chi connectivity index (χ4n) is 2.91. The van der Waals surface area contributed by atoms with Crippen LogP contribution in [0.4, 0.5) is 0 Å². The maximum Gasteiger partial charge on any atom is 0.261 e. The highest BCUT2D eigenvalue weighted by Crippen LogP contribution is 2.39. The number of morpholine rings is 1. The molecule has 0 spiro atoms. The topological polar surface area (TPSA) is 84.9 Å². The molecule has 2 aliphatic rings. The Bertz CT molecular complexity index is 713. The first-order valence-electron chi connectivity index (χ1n) is 7.55. The number of ether oxygens (including phenoxy) is 2. The molecule has 1 aromatic carbocycles. The van der Waals surface area contributed by atoms with E-state index in [4.69, 9.17) is 9.47 Å². The van der Waals surface area contributed by atoms with Crippen LogP contribution in [-0.4, -0.2) is 58.1 Å². The predicted molar refractivity (Wildman–Crippen MR) is 82.9 cm³/mol. The highest BCUT2D eigenvalue weighted by atomic mass is 32.2. The second-order valence-corrected chi connectivity index (χ2v) is 7.60. The van der Waals surface area contributed by atoms with E-state index >= 15 is 0 Å². The van der Waals surface area contributed by atoms with Gasteiger partial charge in [-0.1, -0.05) is 6.92 Å². The number of fused-ring (bicyclic) bond motifs is 1. The van der Waals surface area contributed by atoms with Crippen LogP contribution < -0.4 is 10.1 Å². The Morgan fingerprint density at radius 1 is 1.30 bits per heavy atom. The highest BCUT2D eigenvalue weighted by molar-refractivity contribution is 7.89. The van der Waals surface area contributed by atoms with Gasteiger partial charge in [-0.05, 0) is 18.2 Å². The Balaban J connectivity index is 1.91. The van der Waals surface area contributed by atoms with E-state index in [0.717, 1.165) is 5.56 Å². The smallest absolute Gasteiger partial charge is 0.261 e. The molecule has 23 heavy (non-hydrogen) atoms. The van der Waals surface area contributed by atoms with Crippen molar-refractivity contribution in [1.82, 2.24) is 9.62 Å². The van der Waals surface area contributed by atoms with Crippen LogP contribution >= 0.6 is 0 Å². The van der Waals surface area contributed by atoms with Gasteiger partial charge in [0, 0.05) is 31.6 Å². The van der Waals surface area contributed by atoms with E-state index in [-0.39, 0.29) is 16.7 Å². The lowest BCUT2D eigenvalue weighted by Gasteiger charge is -2.26. The fourth-order valence-corrected chi connectivity index (χ4v) is 4.35. The van der Waals surface area contributed by atoms with E-state index < -0.39 is 16.1 Å². The van der Waals surface area contributed by atoms with Crippen molar-refractivity contribution in [2.24, 2.45) is 0 Å². The third-order valence-corrected chi connectivity index (χ3v) is 6.19. The van der Waals surface area contributed by atoms with Crippen molar-refractivity contribution in [3.05, 3.63) is 23.8 Å². The summed E-state index contributed by atoms with van der Waals surface area (Å²) in [6, 6.07) is 4.78. The number of sulfonamides is 1. The third kappa shape index (κ3) is 2.82. The maximum atomic E-state index is 12.7. The summed E-state index contributed by atoms with van der Waals surface area (Å²) in [5.41, 5.74) is 0.743. The van der Waals surface area contributed by atoms with Gasteiger partial charge in [-0.3, -0.25) is 4.79 Å². The molecular formula is C15H20N2O5S. The number of nitrogens with zero attached hydrogens (tertiary/aromatic N) is 1. The molecule has 3 rings (SSSR count). The first-order valence-corrected chi connectivity index (χ1v) is 8.99. The van der Waals surface area contributed by atoms with Gasteiger partial charge < -0.3 is 14.8 Å². The lowest BCUT2D eigenvalue weighted by Crippen LogP contribution is -2.40. The summed E-state index contributed by atoms with van der Waals surface area (Å²) in [5.74, 6) is 0.142. The molecular weight excluding hydrogens is 320 g/mol. The van der Waals surface area contributed by atoms with Crippen molar-refractivity contribution in [1.29, 1.82) is 0 Å². The second-order valence-electron chi connectivity index (χ2n) is 5.66. The highest BCUT2D eigenvalue weighted by Gasteiger charge is 2.37. The van der Waals surface area contributed by atoms with Crippen molar-refractivity contribution in [3.63, 3.8) is 0 Å². The van der Waals surface area contributed by atoms with Crippen LogP contribution in [0, 0.1) is 0 Å². The number of nitrogens with one attached hydrogen (secondary N) is 1.